The first-order valence-electron chi connectivity index (χ1n) is 7.30. The molecule has 1 aromatic carbocycles. The first kappa shape index (κ1) is 17.2. The summed E-state index contributed by atoms with van der Waals surface area (Å²) in [7, 11) is 0. The minimum absolute atomic E-state index is 0. The molecule has 122 valence electrons. The minimum Gasteiger partial charge on any atom is -0.350 e. The Labute approximate surface area is 140 Å². The second-order valence-corrected chi connectivity index (χ2v) is 5.48. The van der Waals surface area contributed by atoms with Gasteiger partial charge in [0.05, 0.1) is 5.69 Å². The molecule has 7 heteroatoms. The molecular weight excluding hydrogens is 316 g/mol. The highest BCUT2D eigenvalue weighted by Crippen LogP contribution is 2.08. The van der Waals surface area contributed by atoms with Crippen LogP contribution in [0.3, 0.4) is 0 Å². The zero-order valence-corrected chi connectivity index (χ0v) is 13.6. The van der Waals surface area contributed by atoms with Gasteiger partial charge in [-0.15, -0.1) is 12.4 Å². The fourth-order valence-corrected chi connectivity index (χ4v) is 2.35. The van der Waals surface area contributed by atoms with Crippen molar-refractivity contribution in [2.45, 2.75) is 6.92 Å². The van der Waals surface area contributed by atoms with Crippen LogP contribution in [-0.4, -0.2) is 35.3 Å². The zero-order valence-electron chi connectivity index (χ0n) is 12.8. The van der Waals surface area contributed by atoms with Crippen LogP contribution in [0.15, 0.2) is 41.2 Å². The Morgan fingerprint density at radius 2 is 2.04 bits per heavy atom. The number of amides is 1. The van der Waals surface area contributed by atoms with E-state index in [1.54, 1.807) is 11.6 Å². The monoisotopic (exact) mass is 334 g/mol. The van der Waals surface area contributed by atoms with Crippen LogP contribution in [0.2, 0.25) is 0 Å². The summed E-state index contributed by atoms with van der Waals surface area (Å²) in [6.45, 7) is 4.15. The van der Waals surface area contributed by atoms with Crippen molar-refractivity contribution in [2.75, 3.05) is 19.6 Å². The number of nitrogens with zero attached hydrogens (tertiary/aromatic N) is 2. The maximum absolute atomic E-state index is 12.2. The highest BCUT2D eigenvalue weighted by molar-refractivity contribution is 5.92. The normalized spacial score (nSPS) is 13.8. The van der Waals surface area contributed by atoms with E-state index < -0.39 is 5.91 Å². The highest BCUT2D eigenvalue weighted by Gasteiger charge is 2.20. The Hall–Kier alpha value is -2.18. The number of carbonyl (C=O) groups excluding carboxylic acids is 1. The SMILES string of the molecule is Cc1cc(=O)c(C(=O)NCC2CNC2)nn1-c1ccccc1.Cl. The Kier molecular flexibility index (Phi) is 5.52. The van der Waals surface area contributed by atoms with Crippen LogP contribution in [0.5, 0.6) is 0 Å². The van der Waals surface area contributed by atoms with Crippen LogP contribution in [-0.2, 0) is 0 Å². The molecule has 0 unspecified atom stereocenters. The molecule has 0 aliphatic carbocycles. The molecule has 1 fully saturated rings. The summed E-state index contributed by atoms with van der Waals surface area (Å²) in [4.78, 5) is 24.2. The first-order valence-corrected chi connectivity index (χ1v) is 7.30. The van der Waals surface area contributed by atoms with Crippen LogP contribution in [0.1, 0.15) is 16.2 Å². The predicted molar refractivity (Wildman–Crippen MR) is 90.5 cm³/mol. The Balaban J connectivity index is 0.00000192. The van der Waals surface area contributed by atoms with Gasteiger partial charge in [-0.2, -0.15) is 5.10 Å². The first-order chi connectivity index (χ1) is 10.6. The van der Waals surface area contributed by atoms with E-state index in [0.29, 0.717) is 18.2 Å². The molecule has 0 spiro atoms. The van der Waals surface area contributed by atoms with Gasteiger partial charge in [-0.1, -0.05) is 18.2 Å². The molecule has 2 N–H and O–H groups in total. The number of aromatic nitrogens is 2. The van der Waals surface area contributed by atoms with Crippen LogP contribution in [0.25, 0.3) is 5.69 Å². The lowest BCUT2D eigenvalue weighted by molar-refractivity contribution is 0.0934. The lowest BCUT2D eigenvalue weighted by atomic mass is 10.0. The van der Waals surface area contributed by atoms with Crippen molar-refractivity contribution < 1.29 is 4.79 Å². The second-order valence-electron chi connectivity index (χ2n) is 5.48. The summed E-state index contributed by atoms with van der Waals surface area (Å²) in [6, 6.07) is 10.9. The van der Waals surface area contributed by atoms with E-state index in [-0.39, 0.29) is 23.5 Å². The number of carbonyl (C=O) groups is 1. The quantitative estimate of drug-likeness (QED) is 0.871. The molecule has 1 amide bonds. The van der Waals surface area contributed by atoms with Crippen molar-refractivity contribution >= 4 is 18.3 Å². The molecule has 0 bridgehead atoms. The molecule has 2 aromatic rings. The molecule has 2 heterocycles. The highest BCUT2D eigenvalue weighted by atomic mass is 35.5. The number of aryl methyl sites for hydroxylation is 1. The smallest absolute Gasteiger partial charge is 0.275 e. The molecule has 3 rings (SSSR count). The number of halogens is 1. The minimum atomic E-state index is -0.415. The summed E-state index contributed by atoms with van der Waals surface area (Å²) in [6.07, 6.45) is 0. The third-order valence-corrected chi connectivity index (χ3v) is 3.74. The van der Waals surface area contributed by atoms with E-state index in [9.17, 15) is 9.59 Å². The van der Waals surface area contributed by atoms with Crippen molar-refractivity contribution in [1.29, 1.82) is 0 Å². The van der Waals surface area contributed by atoms with E-state index >= 15 is 0 Å². The molecule has 1 saturated heterocycles. The summed E-state index contributed by atoms with van der Waals surface area (Å²) in [5.74, 6) is 0.0207. The zero-order chi connectivity index (χ0) is 15.5. The molecule has 6 nitrogen and oxygen atoms in total. The lowest BCUT2D eigenvalue weighted by Crippen LogP contribution is -2.48. The van der Waals surface area contributed by atoms with E-state index in [1.165, 1.54) is 6.07 Å². The fourth-order valence-electron chi connectivity index (χ4n) is 2.35. The number of benzene rings is 1. The number of hydrogen-bond donors (Lipinski definition) is 2. The van der Waals surface area contributed by atoms with Gasteiger partial charge in [-0.25, -0.2) is 4.68 Å². The van der Waals surface area contributed by atoms with E-state index in [4.69, 9.17) is 0 Å². The summed E-state index contributed by atoms with van der Waals surface area (Å²) < 4.78 is 1.61. The van der Waals surface area contributed by atoms with Crippen LogP contribution in [0, 0.1) is 12.8 Å². The molecule has 1 aliphatic heterocycles. The second kappa shape index (κ2) is 7.39. The topological polar surface area (TPSA) is 76.0 Å². The standard InChI is InChI=1S/C16H18N4O2.ClH/c1-11-7-14(21)15(16(22)18-10-12-8-17-9-12)19-20(11)13-5-3-2-4-6-13;/h2-7,12,17H,8-10H2,1H3,(H,18,22);1H. The summed E-state index contributed by atoms with van der Waals surface area (Å²) in [5, 5.41) is 10.2. The van der Waals surface area contributed by atoms with Gasteiger partial charge in [-0.3, -0.25) is 9.59 Å². The third kappa shape index (κ3) is 3.78. The molecule has 1 aliphatic rings. The van der Waals surface area contributed by atoms with Gasteiger partial charge in [0.25, 0.3) is 5.91 Å². The Morgan fingerprint density at radius 1 is 1.35 bits per heavy atom. The van der Waals surface area contributed by atoms with Gasteiger partial charge in [0.2, 0.25) is 5.43 Å². The van der Waals surface area contributed by atoms with Gasteiger partial charge in [-0.05, 0) is 19.1 Å². The number of para-hydroxylation sites is 1. The molecule has 0 radical (unpaired) electrons. The van der Waals surface area contributed by atoms with Crippen LogP contribution >= 0.6 is 12.4 Å². The van der Waals surface area contributed by atoms with Crippen LogP contribution in [0.4, 0.5) is 0 Å². The van der Waals surface area contributed by atoms with Crippen molar-refractivity contribution in [1.82, 2.24) is 20.4 Å². The van der Waals surface area contributed by atoms with Gasteiger partial charge in [0.15, 0.2) is 5.69 Å². The summed E-state index contributed by atoms with van der Waals surface area (Å²) >= 11 is 0. The van der Waals surface area contributed by atoms with Crippen molar-refractivity contribution in [3.63, 3.8) is 0 Å². The van der Waals surface area contributed by atoms with Crippen molar-refractivity contribution in [3.05, 3.63) is 58.0 Å². The lowest BCUT2D eigenvalue weighted by Gasteiger charge is -2.26. The summed E-state index contributed by atoms with van der Waals surface area (Å²) in [5.41, 5.74) is 1.09. The Bertz CT molecular complexity index is 741. The van der Waals surface area contributed by atoms with Gasteiger partial charge >= 0.3 is 0 Å². The van der Waals surface area contributed by atoms with Crippen molar-refractivity contribution in [2.24, 2.45) is 5.92 Å². The molecular formula is C16H19ClN4O2. The van der Waals surface area contributed by atoms with E-state index in [0.717, 1.165) is 18.8 Å². The van der Waals surface area contributed by atoms with Crippen molar-refractivity contribution in [3.8, 4) is 5.69 Å². The van der Waals surface area contributed by atoms with Gasteiger partial charge in [0, 0.05) is 37.3 Å². The van der Waals surface area contributed by atoms with Crippen LogP contribution < -0.4 is 16.1 Å². The van der Waals surface area contributed by atoms with Gasteiger partial charge < -0.3 is 10.6 Å². The van der Waals surface area contributed by atoms with E-state index in [2.05, 4.69) is 15.7 Å². The van der Waals surface area contributed by atoms with E-state index in [1.807, 2.05) is 30.3 Å². The molecule has 23 heavy (non-hydrogen) atoms. The molecule has 0 saturated carbocycles. The largest absolute Gasteiger partial charge is 0.350 e. The number of nitrogens with one attached hydrogen (secondary N) is 2. The maximum Gasteiger partial charge on any atom is 0.275 e. The fraction of sp³-hybridized carbons (Fsp3) is 0.312. The number of hydrogen-bond acceptors (Lipinski definition) is 4. The maximum atomic E-state index is 12.2. The molecule has 1 aromatic heterocycles. The average Bonchev–Trinajstić information content (AvgIpc) is 2.46. The molecule has 0 atom stereocenters. The third-order valence-electron chi connectivity index (χ3n) is 3.74. The number of rotatable bonds is 4. The average molecular weight is 335 g/mol. The van der Waals surface area contributed by atoms with Gasteiger partial charge in [0.1, 0.15) is 0 Å². The predicted octanol–water partition coefficient (Wildman–Crippen LogP) is 0.912. The Morgan fingerprint density at radius 3 is 2.65 bits per heavy atom.